The highest BCUT2D eigenvalue weighted by Crippen LogP contribution is 2.07. The lowest BCUT2D eigenvalue weighted by Gasteiger charge is -2.13. The van der Waals surface area contributed by atoms with Gasteiger partial charge in [0.05, 0.1) is 5.75 Å². The number of nitrogens with two attached hydrogens (primary N) is 1. The van der Waals surface area contributed by atoms with Crippen molar-refractivity contribution in [1.82, 2.24) is 15.5 Å². The minimum absolute atomic E-state index is 0.0352. The van der Waals surface area contributed by atoms with Crippen LogP contribution in [0.4, 0.5) is 0 Å². The second kappa shape index (κ2) is 13.3. The Kier molecular flexibility index (Phi) is 11.4. The average Bonchev–Trinajstić information content (AvgIpc) is 2.93. The van der Waals surface area contributed by atoms with Gasteiger partial charge in [-0.05, 0) is 31.6 Å². The number of carbonyl (C=O) groups is 4. The van der Waals surface area contributed by atoms with Crippen LogP contribution in [0, 0.1) is 0 Å². The number of nitrogens with zero attached hydrogens (tertiary/aromatic N) is 1. The normalized spacial score (nSPS) is 13.3. The van der Waals surface area contributed by atoms with E-state index in [1.165, 1.54) is 12.2 Å². The summed E-state index contributed by atoms with van der Waals surface area (Å²) in [5.74, 6) is 0.619. The van der Waals surface area contributed by atoms with Crippen molar-refractivity contribution in [2.24, 2.45) is 5.73 Å². The van der Waals surface area contributed by atoms with Crippen LogP contribution < -0.4 is 16.4 Å². The summed E-state index contributed by atoms with van der Waals surface area (Å²) in [5, 5.41) is 5.52. The second-order valence-electron chi connectivity index (χ2n) is 5.87. The van der Waals surface area contributed by atoms with Gasteiger partial charge in [-0.3, -0.25) is 24.1 Å². The van der Waals surface area contributed by atoms with Gasteiger partial charge in [0.2, 0.25) is 11.8 Å². The molecule has 0 saturated carbocycles. The van der Waals surface area contributed by atoms with Gasteiger partial charge in [-0.2, -0.15) is 11.8 Å². The van der Waals surface area contributed by atoms with Crippen LogP contribution in [0.5, 0.6) is 0 Å². The number of carbonyl (C=O) groups excluding carboxylic acids is 4. The molecule has 1 aliphatic rings. The number of hydrogen-bond acceptors (Lipinski definition) is 6. The van der Waals surface area contributed by atoms with Crippen molar-refractivity contribution in [3.05, 3.63) is 12.2 Å². The Labute approximate surface area is 158 Å². The number of nitrogens with one attached hydrogen (secondary N) is 2. The van der Waals surface area contributed by atoms with Gasteiger partial charge in [0.25, 0.3) is 11.8 Å². The van der Waals surface area contributed by atoms with Crippen molar-refractivity contribution in [1.29, 1.82) is 0 Å². The van der Waals surface area contributed by atoms with Crippen LogP contribution in [-0.2, 0) is 19.2 Å². The van der Waals surface area contributed by atoms with E-state index in [1.54, 1.807) is 11.8 Å². The molecule has 0 aromatic rings. The van der Waals surface area contributed by atoms with Crippen molar-refractivity contribution in [2.45, 2.75) is 32.1 Å². The number of imide groups is 1. The van der Waals surface area contributed by atoms with Gasteiger partial charge in [-0.15, -0.1) is 0 Å². The van der Waals surface area contributed by atoms with Crippen LogP contribution in [-0.4, -0.2) is 66.2 Å². The molecule has 9 heteroatoms. The summed E-state index contributed by atoms with van der Waals surface area (Å²) < 4.78 is 0. The van der Waals surface area contributed by atoms with Crippen molar-refractivity contribution in [2.75, 3.05) is 37.7 Å². The molecule has 0 atom stereocenters. The standard InChI is InChI=1S/C17H28N4O4S/c18-8-4-9-19-15(23)13-26-12-3-1-2-5-14(22)20-10-11-21-16(24)6-7-17(21)25/h6-7H,1-5,8-13,18H2,(H,19,23)(H,20,22). The van der Waals surface area contributed by atoms with Gasteiger partial charge in [0.15, 0.2) is 0 Å². The zero-order chi connectivity index (χ0) is 19.2. The minimum Gasteiger partial charge on any atom is -0.355 e. The highest BCUT2D eigenvalue weighted by molar-refractivity contribution is 7.99. The predicted molar refractivity (Wildman–Crippen MR) is 101 cm³/mol. The molecular weight excluding hydrogens is 356 g/mol. The number of hydrogen-bond donors (Lipinski definition) is 3. The van der Waals surface area contributed by atoms with Crippen molar-refractivity contribution in [3.8, 4) is 0 Å². The zero-order valence-electron chi connectivity index (χ0n) is 15.0. The molecule has 0 unspecified atom stereocenters. The Morgan fingerprint density at radius 1 is 0.962 bits per heavy atom. The molecule has 26 heavy (non-hydrogen) atoms. The quantitative estimate of drug-likeness (QED) is 0.281. The monoisotopic (exact) mass is 384 g/mol. The third-order valence-electron chi connectivity index (χ3n) is 3.69. The number of amides is 4. The van der Waals surface area contributed by atoms with Crippen molar-refractivity contribution >= 4 is 35.4 Å². The lowest BCUT2D eigenvalue weighted by molar-refractivity contribution is -0.137. The minimum atomic E-state index is -0.338. The molecule has 0 aliphatic carbocycles. The molecule has 0 fully saturated rings. The summed E-state index contributed by atoms with van der Waals surface area (Å²) in [4.78, 5) is 46.9. The molecule has 0 aromatic carbocycles. The first-order valence-corrected chi connectivity index (χ1v) is 10.0. The molecule has 1 aliphatic heterocycles. The van der Waals surface area contributed by atoms with E-state index in [-0.39, 0.29) is 36.7 Å². The first-order chi connectivity index (χ1) is 12.5. The fraction of sp³-hybridized carbons (Fsp3) is 0.647. The van der Waals surface area contributed by atoms with Gasteiger partial charge in [-0.25, -0.2) is 0 Å². The summed E-state index contributed by atoms with van der Waals surface area (Å²) >= 11 is 1.59. The molecular formula is C17H28N4O4S. The lowest BCUT2D eigenvalue weighted by atomic mass is 10.2. The maximum absolute atomic E-state index is 11.7. The van der Waals surface area contributed by atoms with Crippen LogP contribution in [0.3, 0.4) is 0 Å². The molecule has 0 spiro atoms. The van der Waals surface area contributed by atoms with Crippen LogP contribution in [0.25, 0.3) is 0 Å². The number of unbranched alkanes of at least 4 members (excludes halogenated alkanes) is 2. The third kappa shape index (κ3) is 9.57. The molecule has 0 saturated heterocycles. The summed E-state index contributed by atoms with van der Waals surface area (Å²) in [5.41, 5.74) is 5.35. The van der Waals surface area contributed by atoms with E-state index in [4.69, 9.17) is 5.73 Å². The Morgan fingerprint density at radius 2 is 1.65 bits per heavy atom. The smallest absolute Gasteiger partial charge is 0.253 e. The van der Waals surface area contributed by atoms with Gasteiger partial charge >= 0.3 is 0 Å². The third-order valence-corrected chi connectivity index (χ3v) is 4.73. The molecule has 1 rings (SSSR count). The van der Waals surface area contributed by atoms with Crippen LogP contribution in [0.2, 0.25) is 0 Å². The highest BCUT2D eigenvalue weighted by atomic mass is 32.2. The SMILES string of the molecule is NCCCNC(=O)CSCCCCCC(=O)NCCN1C(=O)C=CC1=O. The maximum atomic E-state index is 11.7. The Morgan fingerprint density at radius 3 is 2.35 bits per heavy atom. The maximum Gasteiger partial charge on any atom is 0.253 e. The molecule has 146 valence electrons. The van der Waals surface area contributed by atoms with E-state index >= 15 is 0 Å². The van der Waals surface area contributed by atoms with E-state index in [0.717, 1.165) is 36.3 Å². The average molecular weight is 385 g/mol. The largest absolute Gasteiger partial charge is 0.355 e. The van der Waals surface area contributed by atoms with Gasteiger partial charge < -0.3 is 16.4 Å². The zero-order valence-corrected chi connectivity index (χ0v) is 15.8. The van der Waals surface area contributed by atoms with Crippen LogP contribution in [0.1, 0.15) is 32.1 Å². The van der Waals surface area contributed by atoms with Crippen LogP contribution in [0.15, 0.2) is 12.2 Å². The van der Waals surface area contributed by atoms with Crippen molar-refractivity contribution < 1.29 is 19.2 Å². The van der Waals surface area contributed by atoms with E-state index < -0.39 is 0 Å². The van der Waals surface area contributed by atoms with Gasteiger partial charge in [-0.1, -0.05) is 6.42 Å². The molecule has 0 radical (unpaired) electrons. The Balaban J connectivity index is 1.91. The summed E-state index contributed by atoms with van der Waals surface area (Å²) in [6.45, 7) is 1.67. The Bertz CT molecular complexity index is 507. The Hall–Kier alpha value is -1.87. The van der Waals surface area contributed by atoms with Gasteiger partial charge in [0.1, 0.15) is 0 Å². The number of rotatable bonds is 14. The first kappa shape index (κ1) is 22.2. The molecule has 8 nitrogen and oxygen atoms in total. The van der Waals surface area contributed by atoms with Gasteiger partial charge in [0, 0.05) is 38.2 Å². The van der Waals surface area contributed by atoms with E-state index in [2.05, 4.69) is 10.6 Å². The molecule has 4 amide bonds. The predicted octanol–water partition coefficient (Wildman–Crippen LogP) is -0.214. The fourth-order valence-corrected chi connectivity index (χ4v) is 3.10. The highest BCUT2D eigenvalue weighted by Gasteiger charge is 2.22. The summed E-state index contributed by atoms with van der Waals surface area (Å²) in [6, 6.07) is 0. The molecule has 0 bridgehead atoms. The topological polar surface area (TPSA) is 122 Å². The van der Waals surface area contributed by atoms with Crippen LogP contribution >= 0.6 is 11.8 Å². The molecule has 0 aromatic heterocycles. The second-order valence-corrected chi connectivity index (χ2v) is 6.97. The van der Waals surface area contributed by atoms with Crippen molar-refractivity contribution in [3.63, 3.8) is 0 Å². The summed E-state index contributed by atoms with van der Waals surface area (Å²) in [6.07, 6.45) is 6.32. The molecule has 1 heterocycles. The van der Waals surface area contributed by atoms with E-state index in [9.17, 15) is 19.2 Å². The molecule has 4 N–H and O–H groups in total. The first-order valence-electron chi connectivity index (χ1n) is 8.89. The van der Waals surface area contributed by atoms with E-state index in [1.807, 2.05) is 0 Å². The fourth-order valence-electron chi connectivity index (χ4n) is 2.26. The summed E-state index contributed by atoms with van der Waals surface area (Å²) in [7, 11) is 0. The van der Waals surface area contributed by atoms with E-state index in [0.29, 0.717) is 25.3 Å². The number of thioether (sulfide) groups is 1. The lowest BCUT2D eigenvalue weighted by Crippen LogP contribution is -2.38.